The molecule has 0 spiro atoms. The van der Waals surface area contributed by atoms with Crippen molar-refractivity contribution >= 4 is 22.6 Å². The average Bonchev–Trinajstić information content (AvgIpc) is 1.88. The van der Waals surface area contributed by atoms with Crippen LogP contribution in [-0.2, 0) is 0 Å². The van der Waals surface area contributed by atoms with Crippen molar-refractivity contribution < 1.29 is 4.74 Å². The topological polar surface area (TPSA) is 22.1 Å². The third-order valence-electron chi connectivity index (χ3n) is 1.22. The van der Waals surface area contributed by atoms with Gasteiger partial charge in [0.15, 0.2) is 0 Å². The first-order chi connectivity index (χ1) is 4.74. The normalized spacial score (nSPS) is 9.50. The molecule has 0 N–H and O–H groups in total. The Kier molecular flexibility index (Phi) is 2.48. The number of hydrogen-bond donors (Lipinski definition) is 0. The summed E-state index contributed by atoms with van der Waals surface area (Å²) < 4.78 is 6.03. The molecule has 1 rings (SSSR count). The van der Waals surface area contributed by atoms with Gasteiger partial charge in [-0.15, -0.1) is 0 Å². The Hall–Kier alpha value is -0.320. The summed E-state index contributed by atoms with van der Waals surface area (Å²) >= 11 is 2.17. The minimum atomic E-state index is 0.848. The predicted molar refractivity (Wildman–Crippen MR) is 48.2 cm³/mol. The molecule has 1 heterocycles. The molecule has 0 amide bonds. The molecule has 10 heavy (non-hydrogen) atoms. The van der Waals surface area contributed by atoms with E-state index in [1.54, 1.807) is 7.11 Å². The summed E-state index contributed by atoms with van der Waals surface area (Å²) in [5.74, 6) is 0.848. The number of aromatic nitrogens is 1. The average molecular weight is 249 g/mol. The SMILES string of the molecule is COc1ccc(I)nc1C. The van der Waals surface area contributed by atoms with Gasteiger partial charge in [0.1, 0.15) is 9.45 Å². The van der Waals surface area contributed by atoms with Gasteiger partial charge >= 0.3 is 0 Å². The molecule has 0 radical (unpaired) electrons. The van der Waals surface area contributed by atoms with Gasteiger partial charge in [-0.1, -0.05) is 0 Å². The number of rotatable bonds is 1. The Morgan fingerprint density at radius 1 is 1.50 bits per heavy atom. The zero-order valence-corrected chi connectivity index (χ0v) is 8.05. The van der Waals surface area contributed by atoms with E-state index in [9.17, 15) is 0 Å². The van der Waals surface area contributed by atoms with Crippen LogP contribution in [0.4, 0.5) is 0 Å². The van der Waals surface area contributed by atoms with Gasteiger partial charge in [0, 0.05) is 0 Å². The maximum atomic E-state index is 5.03. The Labute approximate surface area is 73.8 Å². The van der Waals surface area contributed by atoms with Gasteiger partial charge in [-0.3, -0.25) is 0 Å². The summed E-state index contributed by atoms with van der Waals surface area (Å²) in [6, 6.07) is 3.84. The number of hydrogen-bond acceptors (Lipinski definition) is 2. The summed E-state index contributed by atoms with van der Waals surface area (Å²) in [7, 11) is 1.65. The molecule has 2 nitrogen and oxygen atoms in total. The second kappa shape index (κ2) is 3.18. The molecule has 0 aromatic carbocycles. The van der Waals surface area contributed by atoms with Gasteiger partial charge in [0.05, 0.1) is 12.8 Å². The molecular formula is C7H8INO. The van der Waals surface area contributed by atoms with Crippen molar-refractivity contribution in [2.24, 2.45) is 0 Å². The van der Waals surface area contributed by atoms with Crippen LogP contribution in [0.2, 0.25) is 0 Å². The smallest absolute Gasteiger partial charge is 0.140 e. The van der Waals surface area contributed by atoms with E-state index in [2.05, 4.69) is 27.6 Å². The predicted octanol–water partition coefficient (Wildman–Crippen LogP) is 2.00. The number of nitrogens with zero attached hydrogens (tertiary/aromatic N) is 1. The molecule has 0 saturated heterocycles. The van der Waals surface area contributed by atoms with Crippen LogP contribution in [0.1, 0.15) is 5.69 Å². The largest absolute Gasteiger partial charge is 0.495 e. The second-order valence-corrected chi connectivity index (χ2v) is 3.03. The maximum absolute atomic E-state index is 5.03. The molecule has 3 heteroatoms. The van der Waals surface area contributed by atoms with Crippen molar-refractivity contribution in [3.8, 4) is 5.75 Å². The lowest BCUT2D eigenvalue weighted by Crippen LogP contribution is -1.91. The van der Waals surface area contributed by atoms with Crippen molar-refractivity contribution in [1.29, 1.82) is 0 Å². The molecule has 0 aliphatic carbocycles. The highest BCUT2D eigenvalue weighted by molar-refractivity contribution is 14.1. The van der Waals surface area contributed by atoms with Crippen LogP contribution >= 0.6 is 22.6 Å². The summed E-state index contributed by atoms with van der Waals surface area (Å²) in [6.07, 6.45) is 0. The van der Waals surface area contributed by atoms with Gasteiger partial charge in [-0.2, -0.15) is 0 Å². The van der Waals surface area contributed by atoms with Gasteiger partial charge in [0.2, 0.25) is 0 Å². The van der Waals surface area contributed by atoms with Crippen molar-refractivity contribution in [3.05, 3.63) is 21.5 Å². The van der Waals surface area contributed by atoms with Crippen LogP contribution in [0.5, 0.6) is 5.75 Å². The van der Waals surface area contributed by atoms with Crippen molar-refractivity contribution in [2.75, 3.05) is 7.11 Å². The van der Waals surface area contributed by atoms with E-state index >= 15 is 0 Å². The lowest BCUT2D eigenvalue weighted by Gasteiger charge is -2.01. The Morgan fingerprint density at radius 2 is 2.20 bits per heavy atom. The summed E-state index contributed by atoms with van der Waals surface area (Å²) in [4.78, 5) is 4.21. The number of aryl methyl sites for hydroxylation is 1. The fraction of sp³-hybridized carbons (Fsp3) is 0.286. The Bertz CT molecular complexity index is 237. The third kappa shape index (κ3) is 1.59. The van der Waals surface area contributed by atoms with Crippen molar-refractivity contribution in [2.45, 2.75) is 6.92 Å². The molecule has 0 bridgehead atoms. The molecule has 0 fully saturated rings. The zero-order valence-electron chi connectivity index (χ0n) is 5.89. The molecule has 0 atom stereocenters. The quantitative estimate of drug-likeness (QED) is 0.561. The van der Waals surface area contributed by atoms with E-state index in [1.807, 2.05) is 19.1 Å². The number of halogens is 1. The molecule has 1 aromatic rings. The van der Waals surface area contributed by atoms with Gasteiger partial charge in [-0.25, -0.2) is 4.98 Å². The standard InChI is InChI=1S/C7H8INO/c1-5-6(10-2)3-4-7(8)9-5/h3-4H,1-2H3. The fourth-order valence-corrected chi connectivity index (χ4v) is 1.27. The zero-order chi connectivity index (χ0) is 7.56. The summed E-state index contributed by atoms with van der Waals surface area (Å²) in [5, 5.41) is 0. The van der Waals surface area contributed by atoms with E-state index in [0.717, 1.165) is 15.1 Å². The highest BCUT2D eigenvalue weighted by Crippen LogP contribution is 2.15. The minimum absolute atomic E-state index is 0.848. The first kappa shape index (κ1) is 7.78. The molecule has 0 aliphatic rings. The van der Waals surface area contributed by atoms with Crippen LogP contribution in [0.15, 0.2) is 12.1 Å². The number of pyridine rings is 1. The van der Waals surface area contributed by atoms with Crippen LogP contribution in [0, 0.1) is 10.6 Å². The maximum Gasteiger partial charge on any atom is 0.140 e. The van der Waals surface area contributed by atoms with Gasteiger partial charge in [-0.05, 0) is 41.6 Å². The second-order valence-electron chi connectivity index (χ2n) is 1.92. The number of ether oxygens (including phenoxy) is 1. The van der Waals surface area contributed by atoms with Crippen LogP contribution in [0.3, 0.4) is 0 Å². The van der Waals surface area contributed by atoms with E-state index in [-0.39, 0.29) is 0 Å². The summed E-state index contributed by atoms with van der Waals surface area (Å²) in [6.45, 7) is 1.93. The fourth-order valence-electron chi connectivity index (χ4n) is 0.733. The lowest BCUT2D eigenvalue weighted by molar-refractivity contribution is 0.409. The van der Waals surface area contributed by atoms with Crippen LogP contribution < -0.4 is 4.74 Å². The van der Waals surface area contributed by atoms with E-state index in [0.29, 0.717) is 0 Å². The molecule has 0 aliphatic heterocycles. The first-order valence-electron chi connectivity index (χ1n) is 2.91. The monoisotopic (exact) mass is 249 g/mol. The molecule has 54 valence electrons. The van der Waals surface area contributed by atoms with Crippen molar-refractivity contribution in [3.63, 3.8) is 0 Å². The highest BCUT2D eigenvalue weighted by atomic mass is 127. The van der Waals surface area contributed by atoms with E-state index in [1.165, 1.54) is 0 Å². The Morgan fingerprint density at radius 3 is 2.70 bits per heavy atom. The van der Waals surface area contributed by atoms with Gasteiger partial charge < -0.3 is 4.74 Å². The first-order valence-corrected chi connectivity index (χ1v) is 3.99. The summed E-state index contributed by atoms with van der Waals surface area (Å²) in [5.41, 5.74) is 0.939. The lowest BCUT2D eigenvalue weighted by atomic mass is 10.3. The van der Waals surface area contributed by atoms with Crippen LogP contribution in [0.25, 0.3) is 0 Å². The van der Waals surface area contributed by atoms with Crippen molar-refractivity contribution in [1.82, 2.24) is 4.98 Å². The Balaban J connectivity index is 3.07. The molecule has 1 aromatic heterocycles. The minimum Gasteiger partial charge on any atom is -0.495 e. The van der Waals surface area contributed by atoms with E-state index < -0.39 is 0 Å². The van der Waals surface area contributed by atoms with E-state index in [4.69, 9.17) is 4.74 Å². The van der Waals surface area contributed by atoms with Gasteiger partial charge in [0.25, 0.3) is 0 Å². The third-order valence-corrected chi connectivity index (χ3v) is 1.82. The molecule has 0 saturated carbocycles. The van der Waals surface area contributed by atoms with Crippen LogP contribution in [-0.4, -0.2) is 12.1 Å². The highest BCUT2D eigenvalue weighted by Gasteiger charge is 1.97. The number of methoxy groups -OCH3 is 1. The molecule has 0 unspecified atom stereocenters. The molecular weight excluding hydrogens is 241 g/mol.